The number of benzene rings is 1. The first-order valence-electron chi connectivity index (χ1n) is 9.89. The summed E-state index contributed by atoms with van der Waals surface area (Å²) in [6, 6.07) is 4.43. The van der Waals surface area contributed by atoms with Gasteiger partial charge in [0.25, 0.3) is 0 Å². The molecule has 180 valence electrons. The van der Waals surface area contributed by atoms with Crippen molar-refractivity contribution in [3.63, 3.8) is 0 Å². The van der Waals surface area contributed by atoms with Crippen LogP contribution in [-0.4, -0.2) is 70.5 Å². The SMILES string of the molecule is NC(=O)CCC(N)C(=O)NC(CC(=O)O)C(=O)NC(Cc1ccccc1)C(=O)NCC(=O)O. The van der Waals surface area contributed by atoms with Gasteiger partial charge in [-0.25, -0.2) is 0 Å². The molecule has 0 aliphatic carbocycles. The topological polar surface area (TPSA) is 231 Å². The van der Waals surface area contributed by atoms with Crippen LogP contribution < -0.4 is 27.4 Å². The van der Waals surface area contributed by atoms with Gasteiger partial charge < -0.3 is 37.6 Å². The van der Waals surface area contributed by atoms with Gasteiger partial charge in [0, 0.05) is 12.8 Å². The van der Waals surface area contributed by atoms with Gasteiger partial charge in [-0.15, -0.1) is 0 Å². The largest absolute Gasteiger partial charge is 0.481 e. The highest BCUT2D eigenvalue weighted by atomic mass is 16.4. The van der Waals surface area contributed by atoms with Crippen molar-refractivity contribution < 1.29 is 39.0 Å². The Bertz CT molecular complexity index is 876. The lowest BCUT2D eigenvalue weighted by Gasteiger charge is -2.23. The van der Waals surface area contributed by atoms with E-state index in [0.29, 0.717) is 5.56 Å². The van der Waals surface area contributed by atoms with E-state index in [2.05, 4.69) is 16.0 Å². The average molecular weight is 465 g/mol. The summed E-state index contributed by atoms with van der Waals surface area (Å²) in [6.07, 6.45) is -1.14. The maximum Gasteiger partial charge on any atom is 0.322 e. The number of carboxylic acids is 2. The summed E-state index contributed by atoms with van der Waals surface area (Å²) in [5, 5.41) is 24.6. The standard InChI is InChI=1S/C20H27N5O8/c21-12(6-7-15(22)26)18(31)24-14(9-16(27)28)20(33)25-13(19(32)23-10-17(29)30)8-11-4-2-1-3-5-11/h1-5,12-14H,6-10,21H2,(H2,22,26)(H,23,32)(H,24,31)(H,25,33)(H,27,28)(H,29,30). The first-order chi connectivity index (χ1) is 15.5. The molecule has 33 heavy (non-hydrogen) atoms. The highest BCUT2D eigenvalue weighted by Crippen LogP contribution is 2.05. The first-order valence-corrected chi connectivity index (χ1v) is 9.89. The van der Waals surface area contributed by atoms with E-state index in [1.54, 1.807) is 30.3 Å². The predicted octanol–water partition coefficient (Wildman–Crippen LogP) is -2.53. The highest BCUT2D eigenvalue weighted by molar-refractivity contribution is 5.95. The van der Waals surface area contributed by atoms with Gasteiger partial charge in [-0.3, -0.25) is 28.8 Å². The maximum absolute atomic E-state index is 12.7. The molecule has 0 bridgehead atoms. The molecule has 1 aromatic carbocycles. The van der Waals surface area contributed by atoms with E-state index >= 15 is 0 Å². The number of rotatable bonds is 14. The van der Waals surface area contributed by atoms with Crippen LogP contribution in [-0.2, 0) is 35.2 Å². The molecule has 13 heteroatoms. The van der Waals surface area contributed by atoms with Crippen molar-refractivity contribution in [2.24, 2.45) is 11.5 Å². The second-order valence-corrected chi connectivity index (χ2v) is 7.13. The summed E-state index contributed by atoms with van der Waals surface area (Å²) in [5.41, 5.74) is 11.3. The number of hydrogen-bond donors (Lipinski definition) is 7. The summed E-state index contributed by atoms with van der Waals surface area (Å²) in [6.45, 7) is -0.690. The van der Waals surface area contributed by atoms with Gasteiger partial charge in [0.1, 0.15) is 18.6 Å². The molecule has 0 spiro atoms. The van der Waals surface area contributed by atoms with Gasteiger partial charge in [0.15, 0.2) is 0 Å². The Morgan fingerprint density at radius 3 is 2.00 bits per heavy atom. The highest BCUT2D eigenvalue weighted by Gasteiger charge is 2.30. The van der Waals surface area contributed by atoms with E-state index in [-0.39, 0.29) is 19.3 Å². The summed E-state index contributed by atoms with van der Waals surface area (Å²) >= 11 is 0. The minimum Gasteiger partial charge on any atom is -0.481 e. The van der Waals surface area contributed by atoms with Crippen molar-refractivity contribution in [3.8, 4) is 0 Å². The number of primary amides is 1. The Morgan fingerprint density at radius 2 is 1.45 bits per heavy atom. The average Bonchev–Trinajstić information content (AvgIpc) is 2.74. The summed E-state index contributed by atoms with van der Waals surface area (Å²) in [5.74, 6) is -6.07. The molecule has 0 fully saturated rings. The Labute approximate surface area is 188 Å². The van der Waals surface area contributed by atoms with Gasteiger partial charge in [0.05, 0.1) is 12.5 Å². The van der Waals surface area contributed by atoms with Crippen LogP contribution in [0.2, 0.25) is 0 Å². The zero-order valence-corrected chi connectivity index (χ0v) is 17.7. The smallest absolute Gasteiger partial charge is 0.322 e. The van der Waals surface area contributed by atoms with Gasteiger partial charge >= 0.3 is 11.9 Å². The molecule has 0 radical (unpaired) electrons. The van der Waals surface area contributed by atoms with E-state index in [0.717, 1.165) is 0 Å². The Hall–Kier alpha value is -4.00. The minimum atomic E-state index is -1.58. The molecule has 0 aliphatic rings. The Balaban J connectivity index is 2.96. The van der Waals surface area contributed by atoms with E-state index < -0.39 is 66.7 Å². The Kier molecular flexibility index (Phi) is 11.0. The van der Waals surface area contributed by atoms with Crippen LogP contribution in [0.4, 0.5) is 0 Å². The van der Waals surface area contributed by atoms with Crippen LogP contribution in [0.3, 0.4) is 0 Å². The van der Waals surface area contributed by atoms with Crippen molar-refractivity contribution in [3.05, 3.63) is 35.9 Å². The van der Waals surface area contributed by atoms with E-state index in [9.17, 15) is 28.8 Å². The number of nitrogens with one attached hydrogen (secondary N) is 3. The molecule has 0 aromatic heterocycles. The van der Waals surface area contributed by atoms with Crippen LogP contribution in [0.5, 0.6) is 0 Å². The van der Waals surface area contributed by atoms with E-state index in [1.165, 1.54) is 0 Å². The fourth-order valence-electron chi connectivity index (χ4n) is 2.71. The van der Waals surface area contributed by atoms with Crippen LogP contribution in [0, 0.1) is 0 Å². The molecular weight excluding hydrogens is 438 g/mol. The van der Waals surface area contributed by atoms with Crippen LogP contribution in [0.15, 0.2) is 30.3 Å². The number of carbonyl (C=O) groups is 6. The first kappa shape index (κ1) is 27.0. The second kappa shape index (κ2) is 13.4. The number of carboxylic acid groups (broad SMARTS) is 2. The molecule has 13 nitrogen and oxygen atoms in total. The lowest BCUT2D eigenvalue weighted by atomic mass is 10.0. The number of amides is 4. The van der Waals surface area contributed by atoms with Crippen molar-refractivity contribution in [1.29, 1.82) is 0 Å². The molecule has 1 rings (SSSR count). The zero-order valence-electron chi connectivity index (χ0n) is 17.7. The third-order valence-corrected chi connectivity index (χ3v) is 4.38. The molecule has 0 saturated heterocycles. The molecule has 3 unspecified atom stereocenters. The van der Waals surface area contributed by atoms with Crippen molar-refractivity contribution in [2.75, 3.05) is 6.54 Å². The van der Waals surface area contributed by atoms with Crippen molar-refractivity contribution in [2.45, 2.75) is 43.8 Å². The number of aliphatic carboxylic acids is 2. The summed E-state index contributed by atoms with van der Waals surface area (Å²) in [4.78, 5) is 70.2. The van der Waals surface area contributed by atoms with Gasteiger partial charge in [-0.1, -0.05) is 30.3 Å². The van der Waals surface area contributed by atoms with Gasteiger partial charge in [-0.2, -0.15) is 0 Å². The molecule has 4 amide bonds. The quantitative estimate of drug-likeness (QED) is 0.153. The lowest BCUT2D eigenvalue weighted by Crippen LogP contribution is -2.57. The molecule has 9 N–H and O–H groups in total. The molecule has 0 saturated carbocycles. The molecule has 0 heterocycles. The zero-order chi connectivity index (χ0) is 25.0. The normalized spacial score (nSPS) is 13.1. The van der Waals surface area contributed by atoms with E-state index in [1.807, 2.05) is 0 Å². The maximum atomic E-state index is 12.7. The molecular formula is C20H27N5O8. The predicted molar refractivity (Wildman–Crippen MR) is 113 cm³/mol. The fourth-order valence-corrected chi connectivity index (χ4v) is 2.71. The van der Waals surface area contributed by atoms with Crippen molar-refractivity contribution in [1.82, 2.24) is 16.0 Å². The molecule has 0 aliphatic heterocycles. The lowest BCUT2D eigenvalue weighted by molar-refractivity contribution is -0.141. The third-order valence-electron chi connectivity index (χ3n) is 4.38. The van der Waals surface area contributed by atoms with Crippen LogP contribution in [0.1, 0.15) is 24.8 Å². The number of hydrogen-bond acceptors (Lipinski definition) is 7. The molecule has 3 atom stereocenters. The third kappa shape index (κ3) is 10.7. The monoisotopic (exact) mass is 465 g/mol. The minimum absolute atomic E-state index is 0.0239. The second-order valence-electron chi connectivity index (χ2n) is 7.13. The molecule has 1 aromatic rings. The summed E-state index contributed by atoms with van der Waals surface area (Å²) < 4.78 is 0. The number of nitrogens with two attached hydrogens (primary N) is 2. The van der Waals surface area contributed by atoms with Crippen molar-refractivity contribution >= 4 is 35.6 Å². The fraction of sp³-hybridized carbons (Fsp3) is 0.400. The van der Waals surface area contributed by atoms with Gasteiger partial charge in [-0.05, 0) is 12.0 Å². The van der Waals surface area contributed by atoms with Gasteiger partial charge in [0.2, 0.25) is 23.6 Å². The van der Waals surface area contributed by atoms with E-state index in [4.69, 9.17) is 21.7 Å². The van der Waals surface area contributed by atoms with Crippen LogP contribution >= 0.6 is 0 Å². The number of carbonyl (C=O) groups excluding carboxylic acids is 4. The Morgan fingerprint density at radius 1 is 0.848 bits per heavy atom. The van der Waals surface area contributed by atoms with Crippen LogP contribution in [0.25, 0.3) is 0 Å². The summed E-state index contributed by atoms with van der Waals surface area (Å²) in [7, 11) is 0.